The minimum atomic E-state index is 0. The van der Waals surface area contributed by atoms with Crippen LogP contribution in [0, 0.1) is 13.8 Å². The van der Waals surface area contributed by atoms with Gasteiger partial charge in [0.1, 0.15) is 0 Å². The van der Waals surface area contributed by atoms with Crippen molar-refractivity contribution in [2.45, 2.75) is 31.8 Å². The van der Waals surface area contributed by atoms with Crippen molar-refractivity contribution >= 4 is 153 Å². The van der Waals surface area contributed by atoms with Crippen LogP contribution in [-0.4, -0.2) is 80.5 Å². The molecular weight excluding hydrogens is 1000 g/mol. The number of hydrogen-bond donors (Lipinski definition) is 4. The normalized spacial score (nSPS) is 11.0. The number of thioether (sulfide) groups is 4. The zero-order chi connectivity index (χ0) is 23.7. The Bertz CT molecular complexity index is 799. The van der Waals surface area contributed by atoms with E-state index in [-0.39, 0.29) is 95.9 Å². The molecule has 2 aromatic heterocycles. The lowest BCUT2D eigenvalue weighted by Gasteiger charge is -2.08. The first-order chi connectivity index (χ1) is 16.1. The highest BCUT2D eigenvalue weighted by atomic mass is 127. The highest BCUT2D eigenvalue weighted by Gasteiger charge is 2.03. The Morgan fingerprint density at radius 2 is 1.16 bits per heavy atom. The van der Waals surface area contributed by atoms with E-state index in [9.17, 15) is 0 Å². The van der Waals surface area contributed by atoms with Crippen molar-refractivity contribution < 1.29 is 0 Å². The second kappa shape index (κ2) is 27.8. The molecule has 4 N–H and O–H groups in total. The van der Waals surface area contributed by atoms with E-state index >= 15 is 0 Å². The largest absolute Gasteiger partial charge is 0.364 e. The Morgan fingerprint density at radius 3 is 1.49 bits per heavy atom. The van der Waals surface area contributed by atoms with Crippen LogP contribution in [0.4, 0.5) is 0 Å². The predicted molar refractivity (Wildman–Crippen MR) is 213 cm³/mol. The van der Waals surface area contributed by atoms with Crippen molar-refractivity contribution in [2.75, 3.05) is 50.2 Å². The van der Waals surface area contributed by atoms with Gasteiger partial charge in [-0.1, -0.05) is 23.5 Å². The summed E-state index contributed by atoms with van der Waals surface area (Å²) in [5, 5.41) is 8.87. The zero-order valence-electron chi connectivity index (χ0n) is 21.6. The van der Waals surface area contributed by atoms with Crippen LogP contribution in [0.5, 0.6) is 0 Å². The summed E-state index contributed by atoms with van der Waals surface area (Å²) in [5.41, 5.74) is 4.59. The molecule has 216 valence electrons. The molecule has 2 rings (SSSR count). The molecule has 0 spiro atoms. The molecule has 2 heterocycles. The molecule has 0 aliphatic carbocycles. The number of aromatic amines is 2. The summed E-state index contributed by atoms with van der Waals surface area (Å²) in [6.45, 7) is 7.51. The molecule has 0 unspecified atom stereocenters. The lowest BCUT2D eigenvalue weighted by atomic mass is 10.4. The van der Waals surface area contributed by atoms with Gasteiger partial charge in [0.25, 0.3) is 0 Å². The molecule has 0 saturated carbocycles. The Labute approximate surface area is 307 Å². The molecule has 0 aliphatic rings. The van der Waals surface area contributed by atoms with Crippen molar-refractivity contribution in [3.05, 3.63) is 35.4 Å². The van der Waals surface area contributed by atoms with Crippen LogP contribution >= 0.6 is 143 Å². The monoisotopic (exact) mass is 1040 g/mol. The summed E-state index contributed by atoms with van der Waals surface area (Å²) < 4.78 is 0. The van der Waals surface area contributed by atoms with Gasteiger partial charge in [0.15, 0.2) is 10.3 Å². The van der Waals surface area contributed by atoms with Crippen LogP contribution in [-0.2, 0) is 11.5 Å². The molecule has 0 aliphatic heterocycles. The van der Waals surface area contributed by atoms with Gasteiger partial charge in [-0.25, -0.2) is 9.97 Å². The summed E-state index contributed by atoms with van der Waals surface area (Å²) >= 11 is 7.09. The molecule has 0 saturated heterocycles. The predicted octanol–water partition coefficient (Wildman–Crippen LogP) is 6.40. The van der Waals surface area contributed by atoms with Gasteiger partial charge in [0.2, 0.25) is 0 Å². The van der Waals surface area contributed by atoms with Gasteiger partial charge < -0.3 is 20.6 Å². The van der Waals surface area contributed by atoms with E-state index in [0.717, 1.165) is 88.7 Å². The van der Waals surface area contributed by atoms with Crippen molar-refractivity contribution in [3.8, 4) is 0 Å². The van der Waals surface area contributed by atoms with Crippen molar-refractivity contribution in [2.24, 2.45) is 9.98 Å². The standard InChI is InChI=1S/C21H36N8S4.4HI/c1-16-18(28-14-26-16)12-32-10-8-24-20(30-3)22-6-5-7-23-21(31-4)25-9-11-33-13-19-17(2)27-15-29-19;;;;/h14-15H,5-13H2,1-4H3,(H,22,24)(H,23,25)(H,26,28)(H,27,29);4*1H. The van der Waals surface area contributed by atoms with Crippen LogP contribution in [0.15, 0.2) is 22.6 Å². The summed E-state index contributed by atoms with van der Waals surface area (Å²) in [6.07, 6.45) is 8.58. The van der Waals surface area contributed by atoms with Gasteiger partial charge in [-0.3, -0.25) is 9.98 Å². The molecule has 0 bridgehead atoms. The van der Waals surface area contributed by atoms with E-state index in [1.165, 1.54) is 0 Å². The number of H-pyrrole nitrogens is 2. The fraction of sp³-hybridized carbons (Fsp3) is 0.619. The van der Waals surface area contributed by atoms with Crippen LogP contribution in [0.1, 0.15) is 29.2 Å². The third kappa shape index (κ3) is 19.4. The average Bonchev–Trinajstić information content (AvgIpc) is 3.42. The zero-order valence-corrected chi connectivity index (χ0v) is 34.2. The first kappa shape index (κ1) is 43.1. The smallest absolute Gasteiger partial charge is 0.156 e. The molecule has 16 heteroatoms. The minimum absolute atomic E-state index is 0. The molecule has 2 aromatic rings. The first-order valence-electron chi connectivity index (χ1n) is 10.9. The molecule has 0 atom stereocenters. The molecule has 37 heavy (non-hydrogen) atoms. The summed E-state index contributed by atoms with van der Waals surface area (Å²) in [7, 11) is 0. The number of halogens is 4. The first-order valence-corrected chi connectivity index (χ1v) is 15.7. The van der Waals surface area contributed by atoms with Gasteiger partial charge >= 0.3 is 0 Å². The minimum Gasteiger partial charge on any atom is -0.364 e. The number of nitrogens with zero attached hydrogens (tertiary/aromatic N) is 4. The van der Waals surface area contributed by atoms with Gasteiger partial charge in [0, 0.05) is 60.6 Å². The Hall–Kier alpha value is 1.68. The number of aliphatic imine (C=N–C) groups is 2. The van der Waals surface area contributed by atoms with E-state index in [1.54, 1.807) is 36.2 Å². The van der Waals surface area contributed by atoms with E-state index < -0.39 is 0 Å². The van der Waals surface area contributed by atoms with Gasteiger partial charge in [0.05, 0.1) is 24.0 Å². The van der Waals surface area contributed by atoms with Crippen LogP contribution in [0.3, 0.4) is 0 Å². The third-order valence-corrected chi connectivity index (χ3v) is 7.87. The van der Waals surface area contributed by atoms with Crippen molar-refractivity contribution in [3.63, 3.8) is 0 Å². The van der Waals surface area contributed by atoms with Gasteiger partial charge in [-0.05, 0) is 32.8 Å². The third-order valence-electron chi connectivity index (χ3n) is 4.61. The average molecular weight is 1040 g/mol. The topological polar surface area (TPSA) is 106 Å². The number of hydrogen-bond acceptors (Lipinski definition) is 8. The number of nitrogens with one attached hydrogen (secondary N) is 4. The number of amidine groups is 2. The summed E-state index contributed by atoms with van der Waals surface area (Å²) in [5.74, 6) is 3.93. The number of aryl methyl sites for hydroxylation is 2. The second-order valence-electron chi connectivity index (χ2n) is 7.04. The molecule has 0 aromatic carbocycles. The van der Waals surface area contributed by atoms with Crippen molar-refractivity contribution in [1.82, 2.24) is 30.6 Å². The molecule has 0 fully saturated rings. The quantitative estimate of drug-likeness (QED) is 0.0748. The van der Waals surface area contributed by atoms with Gasteiger partial charge in [-0.2, -0.15) is 23.5 Å². The summed E-state index contributed by atoms with van der Waals surface area (Å²) in [4.78, 5) is 24.3. The Kier molecular flexibility index (Phi) is 32.4. The van der Waals surface area contributed by atoms with Crippen LogP contribution < -0.4 is 10.6 Å². The van der Waals surface area contributed by atoms with Crippen molar-refractivity contribution in [1.29, 1.82) is 0 Å². The Morgan fingerprint density at radius 1 is 0.757 bits per heavy atom. The number of aromatic nitrogens is 4. The Balaban J connectivity index is -0.00000289. The molecule has 0 amide bonds. The van der Waals surface area contributed by atoms with E-state index in [0.29, 0.717) is 0 Å². The molecular formula is C21H40I4N8S4. The fourth-order valence-corrected chi connectivity index (χ4v) is 5.36. The maximum absolute atomic E-state index is 4.68. The fourth-order valence-electron chi connectivity index (χ4n) is 2.68. The lowest BCUT2D eigenvalue weighted by Crippen LogP contribution is -2.24. The van der Waals surface area contributed by atoms with Gasteiger partial charge in [-0.15, -0.1) is 95.9 Å². The highest BCUT2D eigenvalue weighted by molar-refractivity contribution is 14.0. The number of rotatable bonds is 14. The second-order valence-corrected chi connectivity index (χ2v) is 10.8. The van der Waals surface area contributed by atoms with Crippen LogP contribution in [0.25, 0.3) is 0 Å². The molecule has 8 nitrogen and oxygen atoms in total. The lowest BCUT2D eigenvalue weighted by molar-refractivity contribution is 0.833. The van der Waals surface area contributed by atoms with E-state index in [2.05, 4.69) is 66.9 Å². The maximum atomic E-state index is 4.68. The number of imidazole rings is 2. The van der Waals surface area contributed by atoms with E-state index in [1.807, 2.05) is 23.5 Å². The van der Waals surface area contributed by atoms with Crippen LogP contribution in [0.2, 0.25) is 0 Å². The maximum Gasteiger partial charge on any atom is 0.156 e. The summed E-state index contributed by atoms with van der Waals surface area (Å²) in [6, 6.07) is 0. The van der Waals surface area contributed by atoms with E-state index in [4.69, 9.17) is 0 Å². The highest BCUT2D eigenvalue weighted by Crippen LogP contribution is 2.12. The molecule has 0 radical (unpaired) electrons. The SMILES string of the molecule is CSC(=NCCCN=C(NCCSCc1nc[nH]c1C)SC)NCCSCc1nc[nH]c1C.I.I.I.I.